The summed E-state index contributed by atoms with van der Waals surface area (Å²) in [4.78, 5) is 11.1. The Hall–Kier alpha value is -2.72. The molecule has 3 aromatic heterocycles. The van der Waals surface area contributed by atoms with E-state index in [0.29, 0.717) is 0 Å². The fourth-order valence-electron chi connectivity index (χ4n) is 2.33. The first-order valence-corrected chi connectivity index (χ1v) is 7.62. The summed E-state index contributed by atoms with van der Waals surface area (Å²) in [6.45, 7) is 2.35. The molecule has 0 bridgehead atoms. The highest BCUT2D eigenvalue weighted by Crippen LogP contribution is 2.08. The maximum absolute atomic E-state index is 5.32. The van der Waals surface area contributed by atoms with Crippen LogP contribution in [-0.4, -0.2) is 21.4 Å². The first-order chi connectivity index (χ1) is 11.4. The van der Waals surface area contributed by atoms with Crippen LogP contribution < -0.4 is 0 Å². The minimum absolute atomic E-state index is 0.778. The van der Waals surface area contributed by atoms with Crippen molar-refractivity contribution in [1.29, 1.82) is 0 Å². The SMILES string of the molecule is C(=Cc1ccco1)CN(Cc1ccccn1)Cc1ccccn1. The van der Waals surface area contributed by atoms with Gasteiger partial charge in [0.1, 0.15) is 5.76 Å². The summed E-state index contributed by atoms with van der Waals surface area (Å²) in [6.07, 6.45) is 9.42. The molecule has 23 heavy (non-hydrogen) atoms. The molecule has 3 aromatic rings. The van der Waals surface area contributed by atoms with E-state index in [9.17, 15) is 0 Å². The Kier molecular flexibility index (Phi) is 5.32. The van der Waals surface area contributed by atoms with Gasteiger partial charge in [0.25, 0.3) is 0 Å². The van der Waals surface area contributed by atoms with E-state index in [2.05, 4.69) is 20.9 Å². The summed E-state index contributed by atoms with van der Waals surface area (Å²) in [5.41, 5.74) is 2.10. The third-order valence-corrected chi connectivity index (χ3v) is 3.41. The van der Waals surface area contributed by atoms with Gasteiger partial charge in [-0.15, -0.1) is 0 Å². The summed E-state index contributed by atoms with van der Waals surface area (Å²) in [6, 6.07) is 15.8. The molecule has 0 saturated heterocycles. The number of hydrogen-bond acceptors (Lipinski definition) is 4. The number of furan rings is 1. The second-order valence-electron chi connectivity index (χ2n) is 5.23. The highest BCUT2D eigenvalue weighted by Gasteiger charge is 2.07. The molecule has 0 radical (unpaired) electrons. The molecular weight excluding hydrogens is 286 g/mol. The maximum atomic E-state index is 5.32. The molecule has 4 heteroatoms. The number of nitrogens with zero attached hydrogens (tertiary/aromatic N) is 3. The van der Waals surface area contributed by atoms with Gasteiger partial charge < -0.3 is 4.42 Å². The normalized spacial score (nSPS) is 11.3. The minimum Gasteiger partial charge on any atom is -0.465 e. The van der Waals surface area contributed by atoms with Crippen LogP contribution in [0.3, 0.4) is 0 Å². The van der Waals surface area contributed by atoms with E-state index in [-0.39, 0.29) is 0 Å². The quantitative estimate of drug-likeness (QED) is 0.666. The van der Waals surface area contributed by atoms with Crippen molar-refractivity contribution in [2.45, 2.75) is 13.1 Å². The number of pyridine rings is 2. The van der Waals surface area contributed by atoms with Crippen LogP contribution in [0, 0.1) is 0 Å². The van der Waals surface area contributed by atoms with E-state index in [1.54, 1.807) is 6.26 Å². The van der Waals surface area contributed by atoms with Gasteiger partial charge in [0.15, 0.2) is 0 Å². The molecule has 0 aliphatic rings. The highest BCUT2D eigenvalue weighted by atomic mass is 16.3. The lowest BCUT2D eigenvalue weighted by Gasteiger charge is -2.19. The van der Waals surface area contributed by atoms with E-state index < -0.39 is 0 Å². The Morgan fingerprint density at radius 1 is 0.870 bits per heavy atom. The van der Waals surface area contributed by atoms with Crippen molar-refractivity contribution in [3.8, 4) is 0 Å². The second kappa shape index (κ2) is 8.06. The fraction of sp³-hybridized carbons (Fsp3) is 0.158. The predicted molar refractivity (Wildman–Crippen MR) is 90.3 cm³/mol. The zero-order valence-electron chi connectivity index (χ0n) is 12.9. The van der Waals surface area contributed by atoms with Crippen LogP contribution in [0.2, 0.25) is 0 Å². The summed E-state index contributed by atoms with van der Waals surface area (Å²) in [5.74, 6) is 0.862. The van der Waals surface area contributed by atoms with Gasteiger partial charge in [-0.2, -0.15) is 0 Å². The van der Waals surface area contributed by atoms with Gasteiger partial charge in [-0.3, -0.25) is 14.9 Å². The average molecular weight is 305 g/mol. The number of hydrogen-bond donors (Lipinski definition) is 0. The number of aromatic nitrogens is 2. The van der Waals surface area contributed by atoms with Crippen LogP contribution in [-0.2, 0) is 13.1 Å². The van der Waals surface area contributed by atoms with Gasteiger partial charge >= 0.3 is 0 Å². The van der Waals surface area contributed by atoms with Crippen LogP contribution >= 0.6 is 0 Å². The van der Waals surface area contributed by atoms with E-state index in [0.717, 1.165) is 36.8 Å². The molecule has 4 nitrogen and oxygen atoms in total. The standard InChI is InChI=1S/C19H19N3O/c1-3-11-20-17(7-1)15-22(16-18-8-2-4-12-21-18)13-5-9-19-10-6-14-23-19/h1-12,14H,13,15-16H2. The zero-order valence-corrected chi connectivity index (χ0v) is 12.9. The molecule has 0 aromatic carbocycles. The van der Waals surface area contributed by atoms with E-state index in [1.165, 1.54) is 0 Å². The van der Waals surface area contributed by atoms with E-state index in [1.807, 2.05) is 67.0 Å². The van der Waals surface area contributed by atoms with Crippen LogP contribution in [0.5, 0.6) is 0 Å². The summed E-state index contributed by atoms with van der Waals surface area (Å²) < 4.78 is 5.32. The molecule has 0 unspecified atom stereocenters. The van der Waals surface area contributed by atoms with Crippen LogP contribution in [0.15, 0.2) is 77.7 Å². The van der Waals surface area contributed by atoms with Crippen LogP contribution in [0.25, 0.3) is 6.08 Å². The molecule has 0 aliphatic carbocycles. The fourth-order valence-corrected chi connectivity index (χ4v) is 2.33. The van der Waals surface area contributed by atoms with Crippen molar-refractivity contribution < 1.29 is 4.42 Å². The Bertz CT molecular complexity index is 667. The van der Waals surface area contributed by atoms with Gasteiger partial charge in [-0.25, -0.2) is 0 Å². The minimum atomic E-state index is 0.778. The van der Waals surface area contributed by atoms with E-state index >= 15 is 0 Å². The third-order valence-electron chi connectivity index (χ3n) is 3.41. The average Bonchev–Trinajstić information content (AvgIpc) is 3.10. The van der Waals surface area contributed by atoms with Crippen molar-refractivity contribution in [1.82, 2.24) is 14.9 Å². The molecular formula is C19H19N3O. The van der Waals surface area contributed by atoms with Crippen molar-refractivity contribution in [2.75, 3.05) is 6.54 Å². The molecule has 3 heterocycles. The summed E-state index contributed by atoms with van der Waals surface area (Å²) in [5, 5.41) is 0. The molecule has 0 atom stereocenters. The smallest absolute Gasteiger partial charge is 0.126 e. The summed E-state index contributed by atoms with van der Waals surface area (Å²) >= 11 is 0. The largest absolute Gasteiger partial charge is 0.465 e. The van der Waals surface area contributed by atoms with Crippen molar-refractivity contribution in [3.63, 3.8) is 0 Å². The van der Waals surface area contributed by atoms with Crippen molar-refractivity contribution >= 4 is 6.08 Å². The molecule has 116 valence electrons. The molecule has 3 rings (SSSR count). The predicted octanol–water partition coefficient (Wildman–Crippen LogP) is 3.79. The molecule has 0 N–H and O–H groups in total. The lowest BCUT2D eigenvalue weighted by atomic mass is 10.2. The summed E-state index contributed by atoms with van der Waals surface area (Å²) in [7, 11) is 0. The maximum Gasteiger partial charge on any atom is 0.126 e. The Morgan fingerprint density at radius 2 is 1.57 bits per heavy atom. The molecule has 0 aliphatic heterocycles. The first-order valence-electron chi connectivity index (χ1n) is 7.62. The second-order valence-corrected chi connectivity index (χ2v) is 5.23. The molecule has 0 saturated carbocycles. The number of rotatable bonds is 7. The highest BCUT2D eigenvalue weighted by molar-refractivity contribution is 5.42. The van der Waals surface area contributed by atoms with E-state index in [4.69, 9.17) is 4.42 Å². The Labute approximate surface area is 136 Å². The van der Waals surface area contributed by atoms with Gasteiger partial charge in [0, 0.05) is 32.0 Å². The molecule has 0 spiro atoms. The third kappa shape index (κ3) is 4.90. The first kappa shape index (κ1) is 15.2. The van der Waals surface area contributed by atoms with Gasteiger partial charge in [-0.05, 0) is 42.5 Å². The zero-order chi connectivity index (χ0) is 15.7. The van der Waals surface area contributed by atoms with Gasteiger partial charge in [-0.1, -0.05) is 18.2 Å². The Balaban J connectivity index is 1.67. The Morgan fingerprint density at radius 3 is 2.09 bits per heavy atom. The van der Waals surface area contributed by atoms with Crippen molar-refractivity contribution in [2.24, 2.45) is 0 Å². The molecule has 0 fully saturated rings. The lowest BCUT2D eigenvalue weighted by molar-refractivity contribution is 0.279. The van der Waals surface area contributed by atoms with Crippen LogP contribution in [0.4, 0.5) is 0 Å². The lowest BCUT2D eigenvalue weighted by Crippen LogP contribution is -2.23. The van der Waals surface area contributed by atoms with Gasteiger partial charge in [0.05, 0.1) is 17.7 Å². The van der Waals surface area contributed by atoms with Crippen LogP contribution in [0.1, 0.15) is 17.1 Å². The van der Waals surface area contributed by atoms with Crippen molar-refractivity contribution in [3.05, 3.63) is 90.4 Å². The molecule has 0 amide bonds. The van der Waals surface area contributed by atoms with Gasteiger partial charge in [0.2, 0.25) is 0 Å². The topological polar surface area (TPSA) is 42.2 Å². The monoisotopic (exact) mass is 305 g/mol.